The number of aromatic nitrogens is 3. The summed E-state index contributed by atoms with van der Waals surface area (Å²) in [4.78, 5) is 21.5. The third-order valence-corrected chi connectivity index (χ3v) is 5.99. The minimum absolute atomic E-state index is 0.0466. The zero-order valence-electron chi connectivity index (χ0n) is 18.3. The van der Waals surface area contributed by atoms with E-state index in [0.29, 0.717) is 21.9 Å². The Balaban J connectivity index is 1.48. The second-order valence-corrected chi connectivity index (χ2v) is 8.46. The average Bonchev–Trinajstić information content (AvgIpc) is 3.19. The molecule has 0 unspecified atom stereocenters. The number of carbonyl (C=O) groups excluding carboxylic acids is 1. The fraction of sp³-hybridized carbons (Fsp3) is 0.208. The van der Waals surface area contributed by atoms with E-state index in [1.54, 1.807) is 22.9 Å². The highest BCUT2D eigenvalue weighted by Crippen LogP contribution is 2.26. The number of fused-ring (bicyclic) bond motifs is 1. The highest BCUT2D eigenvalue weighted by Gasteiger charge is 2.31. The Morgan fingerprint density at radius 3 is 2.51 bits per heavy atom. The third-order valence-electron chi connectivity index (χ3n) is 5.02. The normalized spacial score (nSPS) is 12.5. The second-order valence-electron chi connectivity index (χ2n) is 7.52. The van der Waals surface area contributed by atoms with Crippen molar-refractivity contribution in [2.75, 3.05) is 12.4 Å². The first-order valence-corrected chi connectivity index (χ1v) is 11.5. The van der Waals surface area contributed by atoms with Gasteiger partial charge in [0.15, 0.2) is 10.8 Å². The molecule has 2 aromatic heterocycles. The molecule has 35 heavy (non-hydrogen) atoms. The summed E-state index contributed by atoms with van der Waals surface area (Å²) in [6, 6.07) is 17.7. The van der Waals surface area contributed by atoms with Gasteiger partial charge in [-0.25, -0.2) is 9.97 Å². The summed E-state index contributed by atoms with van der Waals surface area (Å²) in [6.45, 7) is 0.0456. The number of benzene rings is 2. The molecule has 7 nitrogen and oxygen atoms in total. The molecular weight excluding hydrogens is 481 g/mol. The number of alkyl halides is 3. The number of aliphatic hydroxyl groups is 1. The number of imidazole rings is 1. The molecular formula is C24H21F3N4O3S. The predicted molar refractivity (Wildman–Crippen MR) is 125 cm³/mol. The number of ether oxygens (including phenoxy) is 1. The van der Waals surface area contributed by atoms with Crippen LogP contribution in [-0.2, 0) is 11.3 Å². The molecule has 0 aliphatic carbocycles. The maximum absolute atomic E-state index is 12.6. The molecule has 0 spiro atoms. The highest BCUT2D eigenvalue weighted by atomic mass is 32.2. The van der Waals surface area contributed by atoms with Crippen molar-refractivity contribution >= 4 is 28.8 Å². The summed E-state index contributed by atoms with van der Waals surface area (Å²) in [5.41, 5.74) is 2.72. The summed E-state index contributed by atoms with van der Waals surface area (Å²) in [6.07, 6.45) is -3.14. The Kier molecular flexibility index (Phi) is 7.57. The highest BCUT2D eigenvalue weighted by molar-refractivity contribution is 7.99. The van der Waals surface area contributed by atoms with E-state index in [0.717, 1.165) is 5.56 Å². The molecule has 0 bridgehead atoms. The lowest BCUT2D eigenvalue weighted by Crippen LogP contribution is -2.32. The van der Waals surface area contributed by atoms with Crippen LogP contribution in [0.2, 0.25) is 0 Å². The van der Waals surface area contributed by atoms with E-state index in [2.05, 4.69) is 20.0 Å². The number of pyridine rings is 1. The van der Waals surface area contributed by atoms with Crippen molar-refractivity contribution in [2.45, 2.75) is 24.1 Å². The van der Waals surface area contributed by atoms with Crippen molar-refractivity contribution in [1.82, 2.24) is 19.9 Å². The van der Waals surface area contributed by atoms with E-state index in [-0.39, 0.29) is 30.6 Å². The molecule has 1 atom stereocenters. The number of thioether (sulfide) groups is 1. The third kappa shape index (κ3) is 6.52. The second kappa shape index (κ2) is 10.8. The van der Waals surface area contributed by atoms with Gasteiger partial charge in [0.05, 0.1) is 24.9 Å². The standard InChI is InChI=1S/C24H21F3N4O3S/c25-24(26,27)34-18-10-8-16(9-11-18)13-31-22-19(7-4-12-28-22)30-23(31)35-15-21(33)29-20(14-32)17-5-2-1-3-6-17/h1-12,20,32H,13-15H2,(H,29,33)/t20-/m0/s1. The van der Waals surface area contributed by atoms with Crippen LogP contribution in [0.4, 0.5) is 13.2 Å². The lowest BCUT2D eigenvalue weighted by molar-refractivity contribution is -0.274. The molecule has 4 rings (SSSR count). The molecule has 2 heterocycles. The van der Waals surface area contributed by atoms with Crippen LogP contribution in [0, 0.1) is 0 Å². The van der Waals surface area contributed by atoms with Gasteiger partial charge in [0, 0.05) is 6.20 Å². The molecule has 4 aromatic rings. The van der Waals surface area contributed by atoms with Crippen LogP contribution < -0.4 is 10.1 Å². The van der Waals surface area contributed by atoms with E-state index in [4.69, 9.17) is 0 Å². The maximum atomic E-state index is 12.6. The number of halogens is 3. The van der Waals surface area contributed by atoms with E-state index < -0.39 is 12.4 Å². The van der Waals surface area contributed by atoms with E-state index >= 15 is 0 Å². The zero-order chi connectivity index (χ0) is 24.8. The number of carbonyl (C=O) groups is 1. The predicted octanol–water partition coefficient (Wildman–Crippen LogP) is 4.32. The minimum Gasteiger partial charge on any atom is -0.406 e. The smallest absolute Gasteiger partial charge is 0.406 e. The molecule has 1 amide bonds. The monoisotopic (exact) mass is 502 g/mol. The van der Waals surface area contributed by atoms with Crippen LogP contribution in [0.25, 0.3) is 11.2 Å². The Morgan fingerprint density at radius 1 is 1.09 bits per heavy atom. The van der Waals surface area contributed by atoms with Crippen molar-refractivity contribution in [2.24, 2.45) is 0 Å². The fourth-order valence-corrected chi connectivity index (χ4v) is 4.27. The largest absolute Gasteiger partial charge is 0.573 e. The van der Waals surface area contributed by atoms with Gasteiger partial charge < -0.3 is 15.2 Å². The molecule has 2 N–H and O–H groups in total. The molecule has 0 fully saturated rings. The number of rotatable bonds is 9. The fourth-order valence-electron chi connectivity index (χ4n) is 3.46. The molecule has 2 aromatic carbocycles. The number of nitrogens with one attached hydrogen (secondary N) is 1. The van der Waals surface area contributed by atoms with Gasteiger partial charge in [-0.3, -0.25) is 9.36 Å². The van der Waals surface area contributed by atoms with Crippen molar-refractivity contribution in [3.63, 3.8) is 0 Å². The van der Waals surface area contributed by atoms with Gasteiger partial charge in [0.2, 0.25) is 5.91 Å². The van der Waals surface area contributed by atoms with E-state index in [1.165, 1.54) is 36.0 Å². The molecule has 0 aliphatic heterocycles. The first kappa shape index (κ1) is 24.6. The molecule has 0 aliphatic rings. The number of aliphatic hydroxyl groups excluding tert-OH is 1. The van der Waals surface area contributed by atoms with Crippen LogP contribution in [0.3, 0.4) is 0 Å². The van der Waals surface area contributed by atoms with Crippen LogP contribution in [-0.4, -0.2) is 44.3 Å². The number of hydrogen-bond acceptors (Lipinski definition) is 6. The van der Waals surface area contributed by atoms with Gasteiger partial charge in [-0.2, -0.15) is 0 Å². The number of amides is 1. The Morgan fingerprint density at radius 2 is 1.83 bits per heavy atom. The van der Waals surface area contributed by atoms with Gasteiger partial charge in [-0.1, -0.05) is 54.2 Å². The summed E-state index contributed by atoms with van der Waals surface area (Å²) in [5, 5.41) is 13.0. The molecule has 0 saturated carbocycles. The minimum atomic E-state index is -4.76. The molecule has 0 radical (unpaired) electrons. The van der Waals surface area contributed by atoms with Gasteiger partial charge >= 0.3 is 6.36 Å². The van der Waals surface area contributed by atoms with Crippen LogP contribution in [0.5, 0.6) is 5.75 Å². The summed E-state index contributed by atoms with van der Waals surface area (Å²) < 4.78 is 43.0. The van der Waals surface area contributed by atoms with Gasteiger partial charge in [-0.05, 0) is 35.4 Å². The molecule has 182 valence electrons. The SMILES string of the molecule is O=C(CSc1nc2cccnc2n1Cc1ccc(OC(F)(F)F)cc1)N[C@@H](CO)c1ccccc1. The first-order chi connectivity index (χ1) is 16.8. The summed E-state index contributed by atoms with van der Waals surface area (Å²) in [7, 11) is 0. The van der Waals surface area contributed by atoms with Crippen molar-refractivity contribution in [1.29, 1.82) is 0 Å². The van der Waals surface area contributed by atoms with Gasteiger partial charge in [0.1, 0.15) is 11.3 Å². The Hall–Kier alpha value is -3.57. The van der Waals surface area contributed by atoms with Gasteiger partial charge in [-0.15, -0.1) is 13.2 Å². The maximum Gasteiger partial charge on any atom is 0.573 e. The first-order valence-electron chi connectivity index (χ1n) is 10.6. The van der Waals surface area contributed by atoms with Crippen molar-refractivity contribution < 1.29 is 27.8 Å². The van der Waals surface area contributed by atoms with Crippen LogP contribution in [0.1, 0.15) is 17.2 Å². The molecule has 11 heteroatoms. The zero-order valence-corrected chi connectivity index (χ0v) is 19.1. The number of hydrogen-bond donors (Lipinski definition) is 2. The average molecular weight is 503 g/mol. The lowest BCUT2D eigenvalue weighted by Gasteiger charge is -2.16. The Labute approximate surface area is 203 Å². The molecule has 0 saturated heterocycles. The number of nitrogens with zero attached hydrogens (tertiary/aromatic N) is 3. The Bertz CT molecular complexity index is 1280. The van der Waals surface area contributed by atoms with Gasteiger partial charge in [0.25, 0.3) is 0 Å². The topological polar surface area (TPSA) is 89.3 Å². The summed E-state index contributed by atoms with van der Waals surface area (Å²) >= 11 is 1.20. The van der Waals surface area contributed by atoms with E-state index in [1.807, 2.05) is 30.3 Å². The lowest BCUT2D eigenvalue weighted by atomic mass is 10.1. The quantitative estimate of drug-likeness (QED) is 0.332. The van der Waals surface area contributed by atoms with Crippen molar-refractivity contribution in [3.05, 3.63) is 84.1 Å². The summed E-state index contributed by atoms with van der Waals surface area (Å²) in [5.74, 6) is -0.540. The van der Waals surface area contributed by atoms with E-state index in [9.17, 15) is 23.1 Å². The van der Waals surface area contributed by atoms with Crippen LogP contribution in [0.15, 0.2) is 78.1 Å². The van der Waals surface area contributed by atoms with Crippen molar-refractivity contribution in [3.8, 4) is 5.75 Å². The van der Waals surface area contributed by atoms with Crippen LogP contribution >= 0.6 is 11.8 Å².